The molecule has 34 heavy (non-hydrogen) atoms. The molecule has 8 nitrogen and oxygen atoms in total. The quantitative estimate of drug-likeness (QED) is 0.411. The molecule has 0 amide bonds. The fourth-order valence-corrected chi connectivity index (χ4v) is 5.31. The number of fused-ring (bicyclic) bond motifs is 3. The van der Waals surface area contributed by atoms with Crippen LogP contribution in [0.15, 0.2) is 29.2 Å². The Morgan fingerprint density at radius 2 is 1.94 bits per heavy atom. The lowest BCUT2D eigenvalue weighted by Gasteiger charge is -2.32. The number of benzene rings is 1. The summed E-state index contributed by atoms with van der Waals surface area (Å²) in [7, 11) is 2.16. The smallest absolute Gasteiger partial charge is 0.260 e. The first-order chi connectivity index (χ1) is 16.5. The Morgan fingerprint density at radius 1 is 1.12 bits per heavy atom. The van der Waals surface area contributed by atoms with Crippen molar-refractivity contribution in [3.8, 4) is 0 Å². The van der Waals surface area contributed by atoms with Crippen molar-refractivity contribution in [3.63, 3.8) is 0 Å². The van der Waals surface area contributed by atoms with E-state index in [4.69, 9.17) is 4.98 Å². The highest BCUT2D eigenvalue weighted by molar-refractivity contribution is 6.04. The van der Waals surface area contributed by atoms with Gasteiger partial charge in [-0.3, -0.25) is 14.3 Å². The molecule has 1 saturated heterocycles. The number of nitrogens with one attached hydrogen (secondary N) is 1. The molecule has 0 unspecified atom stereocenters. The Balaban J connectivity index is 1.58. The predicted molar refractivity (Wildman–Crippen MR) is 136 cm³/mol. The summed E-state index contributed by atoms with van der Waals surface area (Å²) in [5, 5.41) is 16.0. The van der Waals surface area contributed by atoms with Gasteiger partial charge in [0.15, 0.2) is 0 Å². The van der Waals surface area contributed by atoms with Crippen molar-refractivity contribution < 1.29 is 5.11 Å². The van der Waals surface area contributed by atoms with E-state index in [1.54, 1.807) is 0 Å². The summed E-state index contributed by atoms with van der Waals surface area (Å²) in [5.74, 6) is 0.554. The number of likely N-dealkylation sites (N-methyl/N-ethyl adjacent to an activating group) is 1. The Morgan fingerprint density at radius 3 is 2.68 bits per heavy atom. The van der Waals surface area contributed by atoms with E-state index in [1.165, 1.54) is 0 Å². The predicted octanol–water partition coefficient (Wildman–Crippen LogP) is 2.99. The minimum absolute atomic E-state index is 0.0139. The first kappa shape index (κ1) is 23.2. The van der Waals surface area contributed by atoms with Crippen LogP contribution in [0.4, 0.5) is 5.95 Å². The summed E-state index contributed by atoms with van der Waals surface area (Å²) in [6.45, 7) is 8.02. The van der Waals surface area contributed by atoms with Crippen LogP contribution in [0.3, 0.4) is 0 Å². The van der Waals surface area contributed by atoms with Crippen LogP contribution < -0.4 is 10.9 Å². The van der Waals surface area contributed by atoms with Gasteiger partial charge in [-0.05, 0) is 49.7 Å². The lowest BCUT2D eigenvalue weighted by Crippen LogP contribution is -2.43. The second kappa shape index (κ2) is 9.98. The van der Waals surface area contributed by atoms with Crippen LogP contribution in [0.25, 0.3) is 21.8 Å². The summed E-state index contributed by atoms with van der Waals surface area (Å²) >= 11 is 0. The molecule has 2 fully saturated rings. The number of nitrogens with zero attached hydrogens (tertiary/aromatic N) is 5. The zero-order valence-electron chi connectivity index (χ0n) is 20.3. The molecule has 2 atom stereocenters. The second-order valence-corrected chi connectivity index (χ2v) is 9.97. The van der Waals surface area contributed by atoms with Crippen molar-refractivity contribution in [3.05, 3.63) is 40.3 Å². The molecule has 8 heteroatoms. The molecule has 1 aliphatic carbocycles. The van der Waals surface area contributed by atoms with Crippen LogP contribution in [0.5, 0.6) is 0 Å². The van der Waals surface area contributed by atoms with E-state index in [0.29, 0.717) is 24.4 Å². The highest BCUT2D eigenvalue weighted by atomic mass is 16.3. The molecular weight excluding hydrogens is 428 g/mol. The van der Waals surface area contributed by atoms with Gasteiger partial charge >= 0.3 is 0 Å². The zero-order chi connectivity index (χ0) is 23.7. The van der Waals surface area contributed by atoms with E-state index in [9.17, 15) is 9.90 Å². The van der Waals surface area contributed by atoms with Crippen LogP contribution >= 0.6 is 0 Å². The number of hydrogen-bond donors (Lipinski definition) is 2. The molecule has 3 heterocycles. The third kappa shape index (κ3) is 4.67. The molecular formula is C26H36N6O2. The molecule has 0 radical (unpaired) electrons. The van der Waals surface area contributed by atoms with Gasteiger partial charge in [-0.1, -0.05) is 25.5 Å². The van der Waals surface area contributed by atoms with Gasteiger partial charge in [0.1, 0.15) is 5.65 Å². The number of anilines is 1. The summed E-state index contributed by atoms with van der Waals surface area (Å²) in [4.78, 5) is 28.0. The van der Waals surface area contributed by atoms with E-state index < -0.39 is 0 Å². The lowest BCUT2D eigenvalue weighted by molar-refractivity contribution is 0.148. The lowest BCUT2D eigenvalue weighted by atomic mass is 10.0. The average Bonchev–Trinajstić information content (AvgIpc) is 3.26. The van der Waals surface area contributed by atoms with Gasteiger partial charge in [-0.25, -0.2) is 4.98 Å². The van der Waals surface area contributed by atoms with Crippen molar-refractivity contribution in [2.24, 2.45) is 0 Å². The first-order valence-electron chi connectivity index (χ1n) is 12.7. The highest BCUT2D eigenvalue weighted by Crippen LogP contribution is 2.33. The van der Waals surface area contributed by atoms with Crippen LogP contribution in [-0.4, -0.2) is 75.3 Å². The van der Waals surface area contributed by atoms with Gasteiger partial charge in [0.2, 0.25) is 5.95 Å². The fourth-order valence-electron chi connectivity index (χ4n) is 5.31. The molecule has 0 bridgehead atoms. The molecule has 1 saturated carbocycles. The van der Waals surface area contributed by atoms with Gasteiger partial charge in [0.25, 0.3) is 5.56 Å². The van der Waals surface area contributed by atoms with Crippen molar-refractivity contribution in [2.45, 2.75) is 57.7 Å². The van der Waals surface area contributed by atoms with E-state index in [-0.39, 0.29) is 17.7 Å². The zero-order valence-corrected chi connectivity index (χ0v) is 20.3. The SMILES string of the molecule is CCCCNc1ncc2c3ccc(CN4CCN(C)CC4)cc3c(=O)n([C@@H]3CC[C@@H](O)C3)c2n1. The largest absolute Gasteiger partial charge is 0.393 e. The molecule has 2 aliphatic rings. The molecule has 0 spiro atoms. The monoisotopic (exact) mass is 464 g/mol. The van der Waals surface area contributed by atoms with Crippen LogP contribution in [-0.2, 0) is 6.54 Å². The van der Waals surface area contributed by atoms with Gasteiger partial charge in [-0.2, -0.15) is 4.98 Å². The summed E-state index contributed by atoms with van der Waals surface area (Å²) in [6, 6.07) is 6.21. The summed E-state index contributed by atoms with van der Waals surface area (Å²) in [6.07, 6.45) is 5.70. The summed E-state index contributed by atoms with van der Waals surface area (Å²) < 4.78 is 1.83. The number of aliphatic hydroxyl groups is 1. The van der Waals surface area contributed by atoms with Crippen LogP contribution in [0.2, 0.25) is 0 Å². The maximum absolute atomic E-state index is 13.9. The first-order valence-corrected chi connectivity index (χ1v) is 12.7. The normalized spacial score (nSPS) is 22.1. The number of rotatable bonds is 7. The van der Waals surface area contributed by atoms with E-state index in [2.05, 4.69) is 52.3 Å². The Hall–Kier alpha value is -2.55. The number of piperazine rings is 1. The maximum atomic E-state index is 13.9. The van der Waals surface area contributed by atoms with Gasteiger partial charge < -0.3 is 15.3 Å². The third-order valence-electron chi connectivity index (χ3n) is 7.38. The Labute approximate surface area is 200 Å². The van der Waals surface area contributed by atoms with E-state index in [0.717, 1.165) is 80.3 Å². The maximum Gasteiger partial charge on any atom is 0.260 e. The van der Waals surface area contributed by atoms with Crippen molar-refractivity contribution in [1.82, 2.24) is 24.3 Å². The van der Waals surface area contributed by atoms with Gasteiger partial charge in [0.05, 0.1) is 6.10 Å². The average molecular weight is 465 g/mol. The molecule has 3 aromatic rings. The van der Waals surface area contributed by atoms with E-state index >= 15 is 0 Å². The van der Waals surface area contributed by atoms with Gasteiger partial charge in [-0.15, -0.1) is 0 Å². The van der Waals surface area contributed by atoms with Crippen molar-refractivity contribution in [1.29, 1.82) is 0 Å². The molecule has 1 aromatic carbocycles. The fraction of sp³-hybridized carbons (Fsp3) is 0.577. The van der Waals surface area contributed by atoms with Crippen molar-refractivity contribution >= 4 is 27.8 Å². The Kier molecular flexibility index (Phi) is 6.81. The molecule has 1 aliphatic heterocycles. The number of unbranched alkanes of at least 4 members (excludes halogenated alkanes) is 1. The molecule has 2 aromatic heterocycles. The van der Waals surface area contributed by atoms with Crippen molar-refractivity contribution in [2.75, 3.05) is 45.1 Å². The number of aromatic nitrogens is 3. The minimum Gasteiger partial charge on any atom is -0.393 e. The minimum atomic E-state index is -0.366. The highest BCUT2D eigenvalue weighted by Gasteiger charge is 2.28. The molecule has 5 rings (SSSR count). The van der Waals surface area contributed by atoms with Crippen LogP contribution in [0.1, 0.15) is 50.6 Å². The number of aliphatic hydroxyl groups excluding tert-OH is 1. The second-order valence-electron chi connectivity index (χ2n) is 9.97. The Bertz CT molecular complexity index is 1220. The standard InChI is InChI=1S/C26H36N6O2/c1-3-4-9-27-26-28-16-23-21-8-5-18(17-31-12-10-30(2)11-13-31)14-22(21)25(34)32(24(23)29-26)19-6-7-20(33)15-19/h5,8,14,16,19-20,33H,3-4,6-7,9-13,15,17H2,1-2H3,(H,27,28,29)/t19-,20-/m1/s1. The number of hydrogen-bond acceptors (Lipinski definition) is 7. The third-order valence-corrected chi connectivity index (χ3v) is 7.38. The molecule has 2 N–H and O–H groups in total. The summed E-state index contributed by atoms with van der Waals surface area (Å²) in [5.41, 5.74) is 1.81. The topological polar surface area (TPSA) is 86.5 Å². The molecule has 182 valence electrons. The van der Waals surface area contributed by atoms with Gasteiger partial charge in [0, 0.05) is 62.3 Å². The van der Waals surface area contributed by atoms with E-state index in [1.807, 2.05) is 10.8 Å². The van der Waals surface area contributed by atoms with Crippen LogP contribution in [0, 0.1) is 0 Å². The number of pyridine rings is 1.